The van der Waals surface area contributed by atoms with Gasteiger partial charge in [-0.2, -0.15) is 0 Å². The molecular formula is C13H24N3O8P. The van der Waals surface area contributed by atoms with E-state index in [9.17, 15) is 23.7 Å². The molecule has 2 atom stereocenters. The molecule has 0 aromatic carbocycles. The quantitative estimate of drug-likeness (QED) is 0.223. The molecule has 12 heteroatoms. The maximum Gasteiger partial charge on any atom is 0.333 e. The highest BCUT2D eigenvalue weighted by Gasteiger charge is 2.27. The first-order valence-corrected chi connectivity index (χ1v) is 9.25. The molecule has 0 fully saturated rings. The van der Waals surface area contributed by atoms with Crippen LogP contribution in [0.5, 0.6) is 0 Å². The molecule has 0 saturated carbocycles. The van der Waals surface area contributed by atoms with Gasteiger partial charge in [0.15, 0.2) is 5.78 Å². The number of carbonyl (C=O) groups is 4. The molecule has 0 aliphatic carbocycles. The van der Waals surface area contributed by atoms with Crippen LogP contribution in [0.4, 0.5) is 0 Å². The molecule has 2 amide bonds. The number of carbonyl (C=O) groups excluding carboxylic acids is 3. The lowest BCUT2D eigenvalue weighted by molar-refractivity contribution is -0.137. The number of Topliss-reactive ketones (excluding diaryl/α,β-unsaturated/α-hetero) is 1. The first kappa shape index (κ1) is 23.2. The van der Waals surface area contributed by atoms with Crippen molar-refractivity contribution in [2.24, 2.45) is 11.7 Å². The van der Waals surface area contributed by atoms with Crippen LogP contribution in [0, 0.1) is 5.92 Å². The first-order chi connectivity index (χ1) is 11.3. The van der Waals surface area contributed by atoms with Gasteiger partial charge in [-0.3, -0.25) is 23.7 Å². The van der Waals surface area contributed by atoms with Gasteiger partial charge in [0.05, 0.1) is 12.6 Å². The molecule has 0 aliphatic heterocycles. The largest absolute Gasteiger partial charge is 0.481 e. The molecule has 0 rings (SSSR count). The molecule has 11 nitrogen and oxygen atoms in total. The van der Waals surface area contributed by atoms with E-state index in [2.05, 4.69) is 10.6 Å². The second-order valence-corrected chi connectivity index (χ2v) is 7.49. The third kappa shape index (κ3) is 10.6. The lowest BCUT2D eigenvalue weighted by Gasteiger charge is -2.23. The van der Waals surface area contributed by atoms with Gasteiger partial charge < -0.3 is 31.3 Å². The van der Waals surface area contributed by atoms with E-state index in [1.165, 1.54) is 0 Å². The molecule has 144 valence electrons. The predicted molar refractivity (Wildman–Crippen MR) is 86.5 cm³/mol. The molecule has 7 N–H and O–H groups in total. The van der Waals surface area contributed by atoms with Gasteiger partial charge in [-0.15, -0.1) is 0 Å². The topological polar surface area (TPSA) is 196 Å². The number of aliphatic carboxylic acids is 1. The highest BCUT2D eigenvalue weighted by molar-refractivity contribution is 7.52. The van der Waals surface area contributed by atoms with E-state index < -0.39 is 56.0 Å². The van der Waals surface area contributed by atoms with E-state index in [1.807, 2.05) is 0 Å². The number of amides is 2. The summed E-state index contributed by atoms with van der Waals surface area (Å²) in [6.45, 7) is 2.67. The SMILES string of the molecule is CC(C)[C@H](NC(=O)[C@@H](N)CCC(=O)O)C(=O)NCC(=O)CP(=O)(O)O. The van der Waals surface area contributed by atoms with E-state index >= 15 is 0 Å². The minimum Gasteiger partial charge on any atom is -0.481 e. The summed E-state index contributed by atoms with van der Waals surface area (Å²) in [5.41, 5.74) is 5.56. The molecule has 0 unspecified atom stereocenters. The number of ketones is 1. The van der Waals surface area contributed by atoms with Crippen molar-refractivity contribution in [3.63, 3.8) is 0 Å². The smallest absolute Gasteiger partial charge is 0.333 e. The standard InChI is InChI=1S/C13H24N3O8P/c1-7(2)11(16-12(20)9(14)3-4-10(18)19)13(21)15-5-8(17)6-25(22,23)24/h7,9,11H,3-6,14H2,1-2H3,(H,15,21)(H,16,20)(H,18,19)(H2,22,23,24)/t9-,11-/m0/s1. The van der Waals surface area contributed by atoms with Gasteiger partial charge >= 0.3 is 13.6 Å². The maximum absolute atomic E-state index is 12.1. The van der Waals surface area contributed by atoms with Crippen molar-refractivity contribution in [3.8, 4) is 0 Å². The number of rotatable bonds is 11. The highest BCUT2D eigenvalue weighted by Crippen LogP contribution is 2.33. The van der Waals surface area contributed by atoms with Crippen molar-refractivity contribution in [2.45, 2.75) is 38.8 Å². The number of hydrogen-bond donors (Lipinski definition) is 6. The van der Waals surface area contributed by atoms with Crippen LogP contribution in [-0.4, -0.2) is 63.3 Å². The summed E-state index contributed by atoms with van der Waals surface area (Å²) in [6.07, 6.45) is -1.40. The molecule has 0 aromatic rings. The van der Waals surface area contributed by atoms with E-state index in [1.54, 1.807) is 13.8 Å². The van der Waals surface area contributed by atoms with Gasteiger partial charge in [0.2, 0.25) is 11.8 Å². The van der Waals surface area contributed by atoms with Crippen LogP contribution in [0.2, 0.25) is 0 Å². The summed E-state index contributed by atoms with van der Waals surface area (Å²) in [5.74, 6) is -3.75. The molecule has 25 heavy (non-hydrogen) atoms. The van der Waals surface area contributed by atoms with Crippen LogP contribution in [0.15, 0.2) is 0 Å². The lowest BCUT2D eigenvalue weighted by Crippen LogP contribution is -2.54. The Balaban J connectivity index is 4.64. The Kier molecular flexibility index (Phi) is 9.50. The second-order valence-electron chi connectivity index (χ2n) is 5.85. The lowest BCUT2D eigenvalue weighted by atomic mass is 10.0. The van der Waals surface area contributed by atoms with Crippen molar-refractivity contribution in [2.75, 3.05) is 12.7 Å². The third-order valence-electron chi connectivity index (χ3n) is 3.09. The average Bonchev–Trinajstić information content (AvgIpc) is 2.45. The monoisotopic (exact) mass is 381 g/mol. The van der Waals surface area contributed by atoms with Crippen LogP contribution in [0.25, 0.3) is 0 Å². The zero-order valence-corrected chi connectivity index (χ0v) is 14.9. The summed E-state index contributed by atoms with van der Waals surface area (Å²) < 4.78 is 10.7. The van der Waals surface area contributed by atoms with Crippen molar-refractivity contribution in [1.82, 2.24) is 10.6 Å². The fraction of sp³-hybridized carbons (Fsp3) is 0.692. The van der Waals surface area contributed by atoms with Crippen LogP contribution in [-0.2, 0) is 23.7 Å². The molecular weight excluding hydrogens is 357 g/mol. The molecule has 0 aliphatic rings. The van der Waals surface area contributed by atoms with E-state index in [-0.39, 0.29) is 18.8 Å². The summed E-state index contributed by atoms with van der Waals surface area (Å²) in [6, 6.07) is -2.15. The second kappa shape index (κ2) is 10.2. The van der Waals surface area contributed by atoms with Gasteiger partial charge in [-0.05, 0) is 12.3 Å². The summed E-state index contributed by atoms with van der Waals surface area (Å²) in [7, 11) is -4.51. The Morgan fingerprint density at radius 2 is 1.68 bits per heavy atom. The number of carboxylic acids is 1. The van der Waals surface area contributed by atoms with Gasteiger partial charge in [-0.25, -0.2) is 0 Å². The molecule has 0 saturated heterocycles. The van der Waals surface area contributed by atoms with Crippen molar-refractivity contribution >= 4 is 31.2 Å². The highest BCUT2D eigenvalue weighted by atomic mass is 31.2. The molecule has 0 heterocycles. The Labute approximate surface area is 144 Å². The Morgan fingerprint density at radius 1 is 1.12 bits per heavy atom. The predicted octanol–water partition coefficient (Wildman–Crippen LogP) is -1.82. The normalized spacial score (nSPS) is 13.8. The molecule has 0 spiro atoms. The van der Waals surface area contributed by atoms with Crippen molar-refractivity contribution in [3.05, 3.63) is 0 Å². The van der Waals surface area contributed by atoms with Crippen LogP contribution < -0.4 is 16.4 Å². The minimum absolute atomic E-state index is 0.103. The first-order valence-electron chi connectivity index (χ1n) is 7.45. The summed E-state index contributed by atoms with van der Waals surface area (Å²) in [5, 5.41) is 13.1. The zero-order valence-electron chi connectivity index (χ0n) is 14.0. The summed E-state index contributed by atoms with van der Waals surface area (Å²) in [4.78, 5) is 63.2. The average molecular weight is 381 g/mol. The Bertz CT molecular complexity index is 559. The third-order valence-corrected chi connectivity index (χ3v) is 3.86. The van der Waals surface area contributed by atoms with E-state index in [0.29, 0.717) is 0 Å². The molecule has 0 aromatic heterocycles. The van der Waals surface area contributed by atoms with Crippen molar-refractivity contribution < 1.29 is 38.6 Å². The van der Waals surface area contributed by atoms with Crippen LogP contribution in [0.3, 0.4) is 0 Å². The van der Waals surface area contributed by atoms with Gasteiger partial charge in [-0.1, -0.05) is 13.8 Å². The zero-order chi connectivity index (χ0) is 19.8. The Morgan fingerprint density at radius 3 is 2.12 bits per heavy atom. The van der Waals surface area contributed by atoms with Crippen LogP contribution in [0.1, 0.15) is 26.7 Å². The van der Waals surface area contributed by atoms with E-state index in [0.717, 1.165) is 0 Å². The van der Waals surface area contributed by atoms with Crippen molar-refractivity contribution in [1.29, 1.82) is 0 Å². The van der Waals surface area contributed by atoms with E-state index in [4.69, 9.17) is 20.6 Å². The van der Waals surface area contributed by atoms with Gasteiger partial charge in [0.25, 0.3) is 0 Å². The Hall–Kier alpha value is -1.81. The number of carboxylic acid groups (broad SMARTS) is 1. The minimum atomic E-state index is -4.51. The van der Waals surface area contributed by atoms with Gasteiger partial charge in [0.1, 0.15) is 12.2 Å². The number of nitrogens with two attached hydrogens (primary N) is 1. The maximum atomic E-state index is 12.1. The fourth-order valence-corrected chi connectivity index (χ4v) is 2.36. The van der Waals surface area contributed by atoms with Gasteiger partial charge in [0, 0.05) is 6.42 Å². The number of hydrogen-bond acceptors (Lipinski definition) is 6. The number of nitrogens with one attached hydrogen (secondary N) is 2. The fourth-order valence-electron chi connectivity index (χ4n) is 1.79. The summed E-state index contributed by atoms with van der Waals surface area (Å²) >= 11 is 0. The molecule has 0 bridgehead atoms. The van der Waals surface area contributed by atoms with Crippen LogP contribution >= 0.6 is 7.60 Å². The molecule has 0 radical (unpaired) electrons.